The molecule has 104 heavy (non-hydrogen) atoms. The summed E-state index contributed by atoms with van der Waals surface area (Å²) in [6.07, 6.45) is -29.1. The highest BCUT2D eigenvalue weighted by Crippen LogP contribution is 2.47. The quantitative estimate of drug-likeness (QED) is 0.100. The number of benzene rings is 7. The molecule has 0 spiro atoms. The van der Waals surface area contributed by atoms with E-state index in [0.717, 1.165) is 67.3 Å². The fourth-order valence-corrected chi connectivity index (χ4v) is 11.5. The highest BCUT2D eigenvalue weighted by atomic mass is 79.9. The lowest BCUT2D eigenvalue weighted by atomic mass is 9.98. The van der Waals surface area contributed by atoms with E-state index in [4.69, 9.17) is 14.6 Å². The zero-order chi connectivity index (χ0) is 77.9. The molecule has 0 unspecified atom stereocenters. The number of aliphatic hydroxyl groups is 1. The van der Waals surface area contributed by atoms with E-state index in [9.17, 15) is 130 Å². The number of fused-ring (bicyclic) bond motifs is 4. The first-order valence-electron chi connectivity index (χ1n) is 30.0. The predicted octanol–water partition coefficient (Wildman–Crippen LogP) is 20.2. The molecule has 1 heterocycles. The number of rotatable bonds is 10. The van der Waals surface area contributed by atoms with Gasteiger partial charge in [-0.25, -0.2) is 26.3 Å². The van der Waals surface area contributed by atoms with Crippen LogP contribution in [0.3, 0.4) is 0 Å². The number of carbonyl (C=O) groups is 4. The minimum Gasteiger partial charge on any atom is -0.492 e. The number of hydrogen-bond donors (Lipinski definition) is 2. The lowest BCUT2D eigenvalue weighted by molar-refractivity contribution is -0.142. The van der Waals surface area contributed by atoms with Crippen molar-refractivity contribution in [3.8, 4) is 11.5 Å². The van der Waals surface area contributed by atoms with Gasteiger partial charge in [-0.3, -0.25) is 19.2 Å². The third-order valence-electron chi connectivity index (χ3n) is 15.8. The Balaban J connectivity index is 0.000000201. The van der Waals surface area contributed by atoms with Gasteiger partial charge >= 0.3 is 55.0 Å². The van der Waals surface area contributed by atoms with Gasteiger partial charge in [-0.1, -0.05) is 34.1 Å². The molecule has 11 rings (SSSR count). The molecule has 0 aromatic heterocycles. The van der Waals surface area contributed by atoms with E-state index < -0.39 is 142 Å². The Bertz CT molecular complexity index is 4240. The molecule has 10 nitrogen and oxygen atoms in total. The molecule has 0 amide bonds. The third kappa shape index (κ3) is 23.0. The van der Waals surface area contributed by atoms with Crippen molar-refractivity contribution in [1.29, 1.82) is 0 Å². The van der Waals surface area contributed by atoms with Gasteiger partial charge in [0.2, 0.25) is 0 Å². The minimum atomic E-state index is -4.67. The van der Waals surface area contributed by atoms with E-state index in [1.165, 1.54) is 7.11 Å². The summed E-state index contributed by atoms with van der Waals surface area (Å²) in [5.41, 5.74) is -5.38. The monoisotopic (exact) mass is 1580 g/mol. The van der Waals surface area contributed by atoms with E-state index >= 15 is 0 Å². The van der Waals surface area contributed by atoms with Crippen molar-refractivity contribution < 1.29 is 154 Å². The number of halogens is 25. The van der Waals surface area contributed by atoms with Gasteiger partial charge in [-0.05, 0) is 169 Å². The van der Waals surface area contributed by atoms with E-state index in [1.54, 1.807) is 18.2 Å². The van der Waals surface area contributed by atoms with Crippen LogP contribution in [0, 0.1) is 34.9 Å². The first-order chi connectivity index (χ1) is 48.1. The molecule has 4 aliphatic rings. The van der Waals surface area contributed by atoms with Crippen LogP contribution in [0.15, 0.2) is 114 Å². The fourth-order valence-electron chi connectivity index (χ4n) is 11.0. The van der Waals surface area contributed by atoms with Crippen LogP contribution in [0.4, 0.5) is 105 Å². The summed E-state index contributed by atoms with van der Waals surface area (Å²) in [6, 6.07) is 16.5. The number of methoxy groups -OCH3 is 2. The van der Waals surface area contributed by atoms with E-state index in [0.29, 0.717) is 60.9 Å². The highest BCUT2D eigenvalue weighted by Gasteiger charge is 2.42. The van der Waals surface area contributed by atoms with Crippen molar-refractivity contribution in [2.75, 3.05) is 20.8 Å². The van der Waals surface area contributed by atoms with E-state index in [2.05, 4.69) is 25.4 Å². The Labute approximate surface area is 581 Å². The van der Waals surface area contributed by atoms with Crippen molar-refractivity contribution in [2.45, 2.75) is 126 Å². The van der Waals surface area contributed by atoms with Crippen molar-refractivity contribution in [3.63, 3.8) is 0 Å². The molecule has 0 saturated heterocycles. The number of esters is 2. The highest BCUT2D eigenvalue weighted by molar-refractivity contribution is 9.10. The number of aryl methyl sites for hydroxylation is 2. The largest absolute Gasteiger partial charge is 0.492 e. The molecule has 2 N–H and O–H groups in total. The van der Waals surface area contributed by atoms with Crippen LogP contribution in [0.1, 0.15) is 145 Å². The third-order valence-corrected chi connectivity index (χ3v) is 16.5. The topological polar surface area (TPSA) is 146 Å². The number of aliphatic carboxylic acids is 1. The van der Waals surface area contributed by atoms with Gasteiger partial charge in [-0.2, -0.15) is 79.0 Å². The van der Waals surface area contributed by atoms with Crippen molar-refractivity contribution >= 4 is 39.6 Å². The zero-order valence-electron chi connectivity index (χ0n) is 53.2. The Morgan fingerprint density at radius 1 is 0.471 bits per heavy atom. The molecular weight excluding hydrogens is 1520 g/mol. The maximum Gasteiger partial charge on any atom is 0.417 e. The van der Waals surface area contributed by atoms with Crippen LogP contribution in [0.2, 0.25) is 0 Å². The second-order valence-corrected chi connectivity index (χ2v) is 23.7. The van der Waals surface area contributed by atoms with Gasteiger partial charge in [0.25, 0.3) is 0 Å². The second-order valence-electron chi connectivity index (χ2n) is 22.8. The summed E-state index contributed by atoms with van der Waals surface area (Å²) in [5.74, 6) is -7.47. The van der Waals surface area contributed by atoms with Crippen LogP contribution in [0.25, 0.3) is 0 Å². The molecule has 7 aromatic rings. The average molecular weight is 1580 g/mol. The van der Waals surface area contributed by atoms with Crippen LogP contribution >= 0.6 is 15.9 Å². The van der Waals surface area contributed by atoms with Gasteiger partial charge in [0.15, 0.2) is 5.78 Å². The normalized spacial score (nSPS) is 15.8. The summed E-state index contributed by atoms with van der Waals surface area (Å²) in [6.45, 7) is 0.334. The summed E-state index contributed by atoms with van der Waals surface area (Å²) < 4.78 is 323. The second kappa shape index (κ2) is 34.3. The number of aliphatic hydroxyl groups excluding tert-OH is 1. The number of hydrogen-bond acceptors (Lipinski definition) is 9. The molecular formula is C69H53BrF24O10. The summed E-state index contributed by atoms with van der Waals surface area (Å²) in [5, 5.41) is 17.7. The molecule has 3 aliphatic carbocycles. The number of ether oxygens (including phenoxy) is 4. The van der Waals surface area contributed by atoms with Gasteiger partial charge in [0, 0.05) is 46.8 Å². The Morgan fingerprint density at radius 2 is 0.904 bits per heavy atom. The molecule has 3 atom stereocenters. The number of carboxylic acids is 1. The minimum absolute atomic E-state index is 0.0244. The van der Waals surface area contributed by atoms with Crippen LogP contribution in [0.5, 0.6) is 11.5 Å². The first-order valence-corrected chi connectivity index (χ1v) is 30.8. The number of Topliss-reactive ketones (excluding diaryl/α,β-unsaturated/α-hetero) is 1. The smallest absolute Gasteiger partial charge is 0.417 e. The molecule has 35 heteroatoms. The van der Waals surface area contributed by atoms with E-state index in [-0.39, 0.29) is 119 Å². The van der Waals surface area contributed by atoms with Gasteiger partial charge in [0.05, 0.1) is 66.7 Å². The number of ketones is 1. The van der Waals surface area contributed by atoms with Gasteiger partial charge in [-0.15, -0.1) is 0 Å². The lowest BCUT2D eigenvalue weighted by Crippen LogP contribution is -2.11. The Hall–Kier alpha value is -9.02. The molecule has 7 aromatic carbocycles. The molecule has 0 saturated carbocycles. The summed E-state index contributed by atoms with van der Waals surface area (Å²) in [4.78, 5) is 43.7. The number of carboxylic acid groups (broad SMARTS) is 1. The predicted molar refractivity (Wildman–Crippen MR) is 321 cm³/mol. The molecule has 564 valence electrons. The number of alkyl halides is 18. The molecule has 0 bridgehead atoms. The van der Waals surface area contributed by atoms with Crippen molar-refractivity contribution in [1.82, 2.24) is 0 Å². The Morgan fingerprint density at radius 3 is 1.38 bits per heavy atom. The molecule has 0 fully saturated rings. The van der Waals surface area contributed by atoms with Crippen molar-refractivity contribution in [2.24, 2.45) is 0 Å². The molecule has 1 aliphatic heterocycles. The lowest BCUT2D eigenvalue weighted by Gasteiger charge is -2.17. The summed E-state index contributed by atoms with van der Waals surface area (Å²) >= 11 is 2.68. The number of carbonyl (C=O) groups excluding carboxylic acids is 3. The molecule has 0 radical (unpaired) electrons. The van der Waals surface area contributed by atoms with Gasteiger partial charge < -0.3 is 29.2 Å². The maximum atomic E-state index is 13.8. The van der Waals surface area contributed by atoms with Crippen LogP contribution in [-0.2, 0) is 93.0 Å². The summed E-state index contributed by atoms with van der Waals surface area (Å²) in [7, 11) is 2.47. The zero-order valence-corrected chi connectivity index (χ0v) is 54.8. The SMILES string of the molecule is COC(=O)CCc1ccc(F)cc1C(F)(F)F.COC(=O)C[C@@H]1COc2cc(O[C@@H]3CCc4c3cc(F)cc4C(F)(F)F)ccc21.Fc1ccc(Br)c(C(F)(F)F)c1.O=C(O)CCc1ccc(F)cc1C(F)(F)F.O=C1CCc2c1cc(F)cc2C(F)(F)F.O[C@H]1CCc2c1cc(F)cc2C(F)(F)F. The first kappa shape index (κ1) is 83.9. The fraction of sp³-hybridized carbons (Fsp3) is 0.333. The van der Waals surface area contributed by atoms with E-state index in [1.807, 2.05) is 0 Å². The van der Waals surface area contributed by atoms with Gasteiger partial charge in [0.1, 0.15) is 52.5 Å². The maximum absolute atomic E-state index is 13.8. The standard InChI is InChI=1S/C21H18F4O4.C11H10F4O2.C10H8F4O2.C10H8F4O.C10H6F4O.C7H3BrF4/c1-27-20(26)6-11-10-28-19-9-13(2-3-14(11)19)29-18-5-4-15-16(18)7-12(22)8-17(15)21(23,24)25;1-17-10(16)5-3-7-2-4-8(12)6-9(7)11(13,14)15;11-7-3-1-6(2-4-9(15)16)8(5-7)10(12,13)14;2*11-5-3-7-6(1-2-9(7)15)8(4-5)10(12,13)14;8-6-2-1-4(9)3-5(6)7(10,11)12/h2-3,7-9,11,18H,4-6,10H2,1H3;2,4,6H,3,5H2,1H3;1,3,5H,2,4H2,(H,15,16);3-4,9,15H,1-2H2;3-4H,1-2H2;1-3H/t11-,18-;;;9-;;/m1..0../s1. The van der Waals surface area contributed by atoms with Crippen LogP contribution in [-0.4, -0.2) is 54.7 Å². The van der Waals surface area contributed by atoms with Crippen molar-refractivity contribution in [3.05, 3.63) is 232 Å². The average Bonchev–Trinajstić information content (AvgIpc) is 1.62. The van der Waals surface area contributed by atoms with Crippen LogP contribution < -0.4 is 9.47 Å². The Kier molecular flexibility index (Phi) is 27.7.